The molecule has 6 heteroatoms. The molecule has 0 unspecified atom stereocenters. The topological polar surface area (TPSA) is 49.7 Å². The third-order valence-corrected chi connectivity index (χ3v) is 3.90. The summed E-state index contributed by atoms with van der Waals surface area (Å²) in [6.45, 7) is 5.63. The fourth-order valence-corrected chi connectivity index (χ4v) is 2.56. The number of benzene rings is 1. The van der Waals surface area contributed by atoms with Gasteiger partial charge in [0.2, 0.25) is 0 Å². The fourth-order valence-electron chi connectivity index (χ4n) is 2.56. The number of aromatic amines is 1. The van der Waals surface area contributed by atoms with E-state index in [9.17, 15) is 4.39 Å². The Bertz CT molecular complexity index is 718. The van der Waals surface area contributed by atoms with E-state index in [1.54, 1.807) is 18.3 Å². The first-order valence-electron chi connectivity index (χ1n) is 7.74. The Morgan fingerprint density at radius 3 is 2.78 bits per heavy atom. The molecule has 5 nitrogen and oxygen atoms in total. The summed E-state index contributed by atoms with van der Waals surface area (Å²) in [5.41, 5.74) is 3.00. The Labute approximate surface area is 134 Å². The highest BCUT2D eigenvalue weighted by molar-refractivity contribution is 5.62. The second-order valence-electron chi connectivity index (χ2n) is 5.42. The van der Waals surface area contributed by atoms with Crippen LogP contribution in [0.5, 0.6) is 0 Å². The molecule has 0 aliphatic heterocycles. The Morgan fingerprint density at radius 1 is 1.26 bits per heavy atom. The molecule has 0 aliphatic carbocycles. The van der Waals surface area contributed by atoms with E-state index >= 15 is 0 Å². The van der Waals surface area contributed by atoms with E-state index in [1.165, 1.54) is 12.1 Å². The van der Waals surface area contributed by atoms with E-state index in [0.717, 1.165) is 43.0 Å². The van der Waals surface area contributed by atoms with Crippen LogP contribution in [0.1, 0.15) is 12.5 Å². The number of hydrogen-bond donors (Lipinski definition) is 1. The van der Waals surface area contributed by atoms with E-state index in [1.807, 2.05) is 23.1 Å². The summed E-state index contributed by atoms with van der Waals surface area (Å²) in [4.78, 5) is 2.33. The molecule has 1 N–H and O–H groups in total. The Kier molecular flexibility index (Phi) is 4.83. The first-order valence-corrected chi connectivity index (χ1v) is 7.74. The lowest BCUT2D eigenvalue weighted by Crippen LogP contribution is -2.27. The first-order chi connectivity index (χ1) is 11.3. The van der Waals surface area contributed by atoms with E-state index in [-0.39, 0.29) is 5.82 Å². The van der Waals surface area contributed by atoms with Crippen LogP contribution in [0.15, 0.2) is 48.9 Å². The normalized spacial score (nSPS) is 11.3. The predicted molar refractivity (Wildman–Crippen MR) is 87.2 cm³/mol. The average molecular weight is 313 g/mol. The van der Waals surface area contributed by atoms with Gasteiger partial charge in [0.05, 0.1) is 18.4 Å². The minimum atomic E-state index is -0.232. The van der Waals surface area contributed by atoms with Gasteiger partial charge in [-0.25, -0.2) is 4.39 Å². The molecule has 2 heterocycles. The largest absolute Gasteiger partial charge is 0.297 e. The molecule has 2 aromatic heterocycles. The van der Waals surface area contributed by atoms with Crippen molar-refractivity contribution in [3.63, 3.8) is 0 Å². The minimum absolute atomic E-state index is 0.232. The first kappa shape index (κ1) is 15.4. The van der Waals surface area contributed by atoms with E-state index in [4.69, 9.17) is 0 Å². The Balaban J connectivity index is 1.69. The van der Waals surface area contributed by atoms with Gasteiger partial charge in [-0.1, -0.05) is 6.92 Å². The lowest BCUT2D eigenvalue weighted by molar-refractivity contribution is 0.264. The summed E-state index contributed by atoms with van der Waals surface area (Å²) in [5, 5.41) is 11.4. The summed E-state index contributed by atoms with van der Waals surface area (Å²) in [5.74, 6) is -0.232. The van der Waals surface area contributed by atoms with Crippen LogP contribution in [0.2, 0.25) is 0 Å². The predicted octanol–water partition coefficient (Wildman–Crippen LogP) is 2.93. The van der Waals surface area contributed by atoms with E-state index in [0.29, 0.717) is 0 Å². The summed E-state index contributed by atoms with van der Waals surface area (Å²) in [6, 6.07) is 8.41. The van der Waals surface area contributed by atoms with Crippen molar-refractivity contribution in [3.8, 4) is 11.3 Å². The van der Waals surface area contributed by atoms with Gasteiger partial charge in [0.25, 0.3) is 0 Å². The molecule has 0 bridgehead atoms. The standard InChI is InChI=1S/C17H20FN5/c1-2-22(10-11-23-9-3-8-20-23)13-15-12-19-21-17(15)14-4-6-16(18)7-5-14/h3-9,12H,2,10-11,13H2,1H3,(H,19,21). The molecule has 0 saturated carbocycles. The van der Waals surface area contributed by atoms with Crippen LogP contribution >= 0.6 is 0 Å². The van der Waals surface area contributed by atoms with E-state index < -0.39 is 0 Å². The van der Waals surface area contributed by atoms with Crippen molar-refractivity contribution in [2.24, 2.45) is 0 Å². The lowest BCUT2D eigenvalue weighted by Gasteiger charge is -2.20. The number of aromatic nitrogens is 4. The monoisotopic (exact) mass is 313 g/mol. The van der Waals surface area contributed by atoms with Gasteiger partial charge in [-0.05, 0) is 36.9 Å². The lowest BCUT2D eigenvalue weighted by atomic mass is 10.1. The maximum absolute atomic E-state index is 13.1. The second-order valence-corrected chi connectivity index (χ2v) is 5.42. The number of nitrogens with one attached hydrogen (secondary N) is 1. The van der Waals surface area contributed by atoms with Gasteiger partial charge >= 0.3 is 0 Å². The van der Waals surface area contributed by atoms with Gasteiger partial charge < -0.3 is 0 Å². The summed E-state index contributed by atoms with van der Waals surface area (Å²) in [6.07, 6.45) is 5.60. The Hall–Kier alpha value is -2.47. The zero-order valence-electron chi connectivity index (χ0n) is 13.1. The van der Waals surface area contributed by atoms with Crippen molar-refractivity contribution >= 4 is 0 Å². The van der Waals surface area contributed by atoms with Crippen molar-refractivity contribution < 1.29 is 4.39 Å². The molecule has 0 atom stereocenters. The van der Waals surface area contributed by atoms with Gasteiger partial charge in [-0.15, -0.1) is 0 Å². The van der Waals surface area contributed by atoms with Gasteiger partial charge in [-0.3, -0.25) is 14.7 Å². The van der Waals surface area contributed by atoms with Crippen molar-refractivity contribution in [1.82, 2.24) is 24.9 Å². The van der Waals surface area contributed by atoms with Crippen molar-refractivity contribution in [3.05, 3.63) is 60.3 Å². The maximum atomic E-state index is 13.1. The van der Waals surface area contributed by atoms with Crippen LogP contribution in [0.25, 0.3) is 11.3 Å². The molecular formula is C17H20FN5. The number of hydrogen-bond acceptors (Lipinski definition) is 3. The highest BCUT2D eigenvalue weighted by Gasteiger charge is 2.11. The molecule has 3 aromatic rings. The number of rotatable bonds is 7. The SMILES string of the molecule is CCN(CCn1cccn1)Cc1cn[nH]c1-c1ccc(F)cc1. The van der Waals surface area contributed by atoms with Crippen molar-refractivity contribution in [2.45, 2.75) is 20.0 Å². The van der Waals surface area contributed by atoms with Crippen LogP contribution in [-0.2, 0) is 13.1 Å². The summed E-state index contributed by atoms with van der Waals surface area (Å²) >= 11 is 0. The highest BCUT2D eigenvalue weighted by Crippen LogP contribution is 2.22. The molecule has 120 valence electrons. The molecule has 0 saturated heterocycles. The van der Waals surface area contributed by atoms with E-state index in [2.05, 4.69) is 27.1 Å². The molecular weight excluding hydrogens is 293 g/mol. The smallest absolute Gasteiger partial charge is 0.123 e. The number of likely N-dealkylation sites (N-methyl/N-ethyl adjacent to an activating group) is 1. The van der Waals surface area contributed by atoms with Crippen LogP contribution in [0, 0.1) is 5.82 Å². The third-order valence-electron chi connectivity index (χ3n) is 3.90. The minimum Gasteiger partial charge on any atom is -0.297 e. The molecule has 0 aliphatic rings. The number of halogens is 1. The molecule has 0 radical (unpaired) electrons. The highest BCUT2D eigenvalue weighted by atomic mass is 19.1. The van der Waals surface area contributed by atoms with Crippen molar-refractivity contribution in [2.75, 3.05) is 13.1 Å². The van der Waals surface area contributed by atoms with Crippen LogP contribution < -0.4 is 0 Å². The third kappa shape index (κ3) is 3.84. The molecule has 0 fully saturated rings. The van der Waals surface area contributed by atoms with Gasteiger partial charge in [0.15, 0.2) is 0 Å². The second kappa shape index (κ2) is 7.19. The van der Waals surface area contributed by atoms with Crippen LogP contribution in [-0.4, -0.2) is 38.0 Å². The molecule has 23 heavy (non-hydrogen) atoms. The fraction of sp³-hybridized carbons (Fsp3) is 0.294. The van der Waals surface area contributed by atoms with Crippen LogP contribution in [0.3, 0.4) is 0 Å². The average Bonchev–Trinajstić information content (AvgIpc) is 3.24. The molecule has 0 spiro atoms. The van der Waals surface area contributed by atoms with Crippen LogP contribution in [0.4, 0.5) is 4.39 Å². The Morgan fingerprint density at radius 2 is 2.09 bits per heavy atom. The van der Waals surface area contributed by atoms with Gasteiger partial charge in [0, 0.05) is 36.6 Å². The summed E-state index contributed by atoms with van der Waals surface area (Å²) in [7, 11) is 0. The zero-order valence-corrected chi connectivity index (χ0v) is 13.1. The molecule has 0 amide bonds. The molecule has 1 aromatic carbocycles. The number of H-pyrrole nitrogens is 1. The quantitative estimate of drug-likeness (QED) is 0.729. The number of nitrogens with zero attached hydrogens (tertiary/aromatic N) is 4. The summed E-state index contributed by atoms with van der Waals surface area (Å²) < 4.78 is 15.0. The van der Waals surface area contributed by atoms with Gasteiger partial charge in [0.1, 0.15) is 5.82 Å². The zero-order chi connectivity index (χ0) is 16.1. The maximum Gasteiger partial charge on any atom is 0.123 e. The van der Waals surface area contributed by atoms with Gasteiger partial charge in [-0.2, -0.15) is 10.2 Å². The van der Waals surface area contributed by atoms with Crippen molar-refractivity contribution in [1.29, 1.82) is 0 Å². The molecule has 3 rings (SSSR count).